The smallest absolute Gasteiger partial charge is 0.338 e. The number of carbonyl (C=O) groups is 2. The minimum atomic E-state index is -0.443. The molecule has 0 aliphatic heterocycles. The van der Waals surface area contributed by atoms with Gasteiger partial charge in [-0.1, -0.05) is 141 Å². The second-order valence-electron chi connectivity index (χ2n) is 12.1. The lowest BCUT2D eigenvalue weighted by molar-refractivity contribution is 0.0488. The number of carbonyl (C=O) groups excluding carboxylic acids is 2. The highest BCUT2D eigenvalue weighted by Gasteiger charge is 2.16. The largest absolute Gasteiger partial charge is 0.507 e. The van der Waals surface area contributed by atoms with Crippen LogP contribution in [0.3, 0.4) is 0 Å². The van der Waals surface area contributed by atoms with Gasteiger partial charge >= 0.3 is 11.9 Å². The van der Waals surface area contributed by atoms with Crippen molar-refractivity contribution < 1.29 is 29.3 Å². The number of esters is 2. The third-order valence-corrected chi connectivity index (χ3v) is 9.17. The van der Waals surface area contributed by atoms with Crippen molar-refractivity contribution in [2.45, 2.75) is 152 Å². The first-order chi connectivity index (χ1) is 22.0. The van der Waals surface area contributed by atoms with Gasteiger partial charge in [0.2, 0.25) is 0 Å². The molecule has 0 aromatic heterocycles. The van der Waals surface area contributed by atoms with Gasteiger partial charge in [0.15, 0.2) is 0 Å². The summed E-state index contributed by atoms with van der Waals surface area (Å²) in [5.74, 6) is -0.943. The zero-order chi connectivity index (χ0) is 32.5. The summed E-state index contributed by atoms with van der Waals surface area (Å²) in [6, 6.07) is 9.05. The van der Waals surface area contributed by atoms with Gasteiger partial charge in [-0.3, -0.25) is 0 Å². The molecule has 2 rings (SSSR count). The molecule has 2 N–H and O–H groups in total. The monoisotopic (exact) mass is 642 g/mol. The summed E-state index contributed by atoms with van der Waals surface area (Å²) in [6.07, 6.45) is 24.2. The van der Waals surface area contributed by atoms with E-state index in [0.29, 0.717) is 34.1 Å². The standard InChI is InChI=1S/C38H58O6S/c1-3-5-7-9-11-13-15-17-19-21-27-43-37(41)31-23-25-33(39)35(29-31)45-36-30-32(24-26-34(36)40)38(42)44-28-22-20-18-16-14-12-10-8-6-4-2/h23-26,29-30,39-40H,3-22,27-28H2,1-2H3. The number of phenols is 2. The van der Waals surface area contributed by atoms with Crippen LogP contribution in [0.5, 0.6) is 11.5 Å². The van der Waals surface area contributed by atoms with E-state index in [4.69, 9.17) is 9.47 Å². The van der Waals surface area contributed by atoms with Crippen LogP contribution < -0.4 is 0 Å². The second-order valence-corrected chi connectivity index (χ2v) is 13.2. The topological polar surface area (TPSA) is 93.1 Å². The first-order valence-corrected chi connectivity index (χ1v) is 18.5. The lowest BCUT2D eigenvalue weighted by atomic mass is 10.1. The van der Waals surface area contributed by atoms with E-state index in [9.17, 15) is 19.8 Å². The van der Waals surface area contributed by atoms with E-state index in [0.717, 1.165) is 50.3 Å². The molecule has 0 spiro atoms. The fraction of sp³-hybridized carbons (Fsp3) is 0.632. The van der Waals surface area contributed by atoms with Crippen LogP contribution in [0.2, 0.25) is 0 Å². The Hall–Kier alpha value is -2.67. The van der Waals surface area contributed by atoms with Gasteiger partial charge in [-0.15, -0.1) is 0 Å². The first kappa shape index (κ1) is 38.5. The van der Waals surface area contributed by atoms with Crippen molar-refractivity contribution in [1.82, 2.24) is 0 Å². The summed E-state index contributed by atoms with van der Waals surface area (Å²) in [5, 5.41) is 20.9. The van der Waals surface area contributed by atoms with Crippen molar-refractivity contribution in [3.8, 4) is 11.5 Å². The Balaban J connectivity index is 1.74. The molecule has 0 aliphatic carbocycles. The molecular weight excluding hydrogens is 584 g/mol. The van der Waals surface area contributed by atoms with E-state index in [1.54, 1.807) is 12.1 Å². The maximum absolute atomic E-state index is 12.7. The number of ether oxygens (including phenoxy) is 2. The minimum Gasteiger partial charge on any atom is -0.507 e. The molecular formula is C38H58O6S. The number of aromatic hydroxyl groups is 2. The predicted molar refractivity (Wildman–Crippen MR) is 185 cm³/mol. The summed E-state index contributed by atoms with van der Waals surface area (Å²) in [6.45, 7) is 5.20. The van der Waals surface area contributed by atoms with Crippen molar-refractivity contribution in [3.05, 3.63) is 47.5 Å². The molecule has 0 saturated carbocycles. The van der Waals surface area contributed by atoms with E-state index >= 15 is 0 Å². The SMILES string of the molecule is CCCCCCCCCCCCOC(=O)c1ccc(O)c(Sc2cc(C(=O)OCCCCCCCCCCCC)ccc2O)c1. The van der Waals surface area contributed by atoms with Crippen LogP contribution in [0.1, 0.15) is 163 Å². The van der Waals surface area contributed by atoms with E-state index in [1.165, 1.54) is 114 Å². The fourth-order valence-electron chi connectivity index (χ4n) is 5.24. The average molecular weight is 643 g/mol. The Morgan fingerprint density at radius 3 is 1.16 bits per heavy atom. The van der Waals surface area contributed by atoms with E-state index < -0.39 is 11.9 Å². The molecule has 0 atom stereocenters. The molecule has 45 heavy (non-hydrogen) atoms. The van der Waals surface area contributed by atoms with Crippen molar-refractivity contribution in [2.75, 3.05) is 13.2 Å². The quantitative estimate of drug-likeness (QED) is 0.0779. The third-order valence-electron chi connectivity index (χ3n) is 8.07. The summed E-state index contributed by atoms with van der Waals surface area (Å²) in [4.78, 5) is 26.1. The van der Waals surface area contributed by atoms with E-state index in [2.05, 4.69) is 13.8 Å². The Labute approximate surface area is 276 Å². The van der Waals surface area contributed by atoms with Gasteiger partial charge in [-0.2, -0.15) is 0 Å². The van der Waals surface area contributed by atoms with E-state index in [1.807, 2.05) is 0 Å². The van der Waals surface area contributed by atoms with Gasteiger partial charge in [0.25, 0.3) is 0 Å². The summed E-state index contributed by atoms with van der Waals surface area (Å²) < 4.78 is 10.9. The number of benzene rings is 2. The summed E-state index contributed by atoms with van der Waals surface area (Å²) in [5.41, 5.74) is 0.655. The molecule has 0 heterocycles. The molecule has 0 aliphatic rings. The number of phenolic OH excluding ortho intramolecular Hbond substituents is 2. The van der Waals surface area contributed by atoms with Gasteiger partial charge < -0.3 is 19.7 Å². The number of hydrogen-bond acceptors (Lipinski definition) is 7. The highest BCUT2D eigenvalue weighted by atomic mass is 32.2. The van der Waals surface area contributed by atoms with Crippen molar-refractivity contribution in [1.29, 1.82) is 0 Å². The zero-order valence-corrected chi connectivity index (χ0v) is 28.8. The average Bonchev–Trinajstić information content (AvgIpc) is 3.04. The first-order valence-electron chi connectivity index (χ1n) is 17.6. The van der Waals surface area contributed by atoms with Crippen LogP contribution in [0.15, 0.2) is 46.2 Å². The Morgan fingerprint density at radius 1 is 0.511 bits per heavy atom. The van der Waals surface area contributed by atoms with Crippen LogP contribution in [0.25, 0.3) is 0 Å². The molecule has 0 bridgehead atoms. The highest BCUT2D eigenvalue weighted by Crippen LogP contribution is 2.40. The maximum atomic E-state index is 12.7. The molecule has 0 radical (unpaired) electrons. The predicted octanol–water partition coefficient (Wildman–Crippen LogP) is 11.4. The molecule has 6 nitrogen and oxygen atoms in total. The molecule has 7 heteroatoms. The van der Waals surface area contributed by atoms with Crippen LogP contribution in [0.4, 0.5) is 0 Å². The maximum Gasteiger partial charge on any atom is 0.338 e. The lowest BCUT2D eigenvalue weighted by Gasteiger charge is -2.11. The van der Waals surface area contributed by atoms with Gasteiger partial charge in [0.1, 0.15) is 11.5 Å². The van der Waals surface area contributed by atoms with Gasteiger partial charge in [-0.25, -0.2) is 9.59 Å². The van der Waals surface area contributed by atoms with Crippen molar-refractivity contribution in [2.24, 2.45) is 0 Å². The minimum absolute atomic E-state index is 0.0282. The molecule has 2 aromatic rings. The van der Waals surface area contributed by atoms with Gasteiger partial charge in [0, 0.05) is 0 Å². The zero-order valence-electron chi connectivity index (χ0n) is 28.0. The third kappa shape index (κ3) is 17.0. The fourth-order valence-corrected chi connectivity index (χ4v) is 6.19. The summed E-state index contributed by atoms with van der Waals surface area (Å²) >= 11 is 1.08. The molecule has 0 fully saturated rings. The molecule has 0 amide bonds. The normalized spacial score (nSPS) is 11.1. The van der Waals surface area contributed by atoms with Crippen LogP contribution in [0, 0.1) is 0 Å². The van der Waals surface area contributed by atoms with Crippen molar-refractivity contribution >= 4 is 23.7 Å². The van der Waals surface area contributed by atoms with Gasteiger partial charge in [0.05, 0.1) is 34.1 Å². The van der Waals surface area contributed by atoms with Gasteiger partial charge in [-0.05, 0) is 49.2 Å². The summed E-state index contributed by atoms with van der Waals surface area (Å²) in [7, 11) is 0. The Morgan fingerprint density at radius 2 is 0.822 bits per heavy atom. The highest BCUT2D eigenvalue weighted by molar-refractivity contribution is 7.99. The number of rotatable bonds is 26. The number of hydrogen-bond donors (Lipinski definition) is 2. The molecule has 252 valence electrons. The Bertz CT molecular complexity index is 1020. The molecule has 0 saturated heterocycles. The molecule has 0 unspecified atom stereocenters. The molecule has 2 aromatic carbocycles. The van der Waals surface area contributed by atoms with Crippen LogP contribution >= 0.6 is 11.8 Å². The lowest BCUT2D eigenvalue weighted by Crippen LogP contribution is -2.07. The second kappa shape index (κ2) is 24.5. The van der Waals surface area contributed by atoms with Crippen LogP contribution in [-0.2, 0) is 9.47 Å². The van der Waals surface area contributed by atoms with E-state index in [-0.39, 0.29) is 11.5 Å². The van der Waals surface area contributed by atoms with Crippen molar-refractivity contribution in [3.63, 3.8) is 0 Å². The number of unbranched alkanes of at least 4 members (excludes halogenated alkanes) is 18. The Kier molecular flexibility index (Phi) is 21.0. The van der Waals surface area contributed by atoms with Crippen LogP contribution in [-0.4, -0.2) is 35.4 Å².